The van der Waals surface area contributed by atoms with E-state index in [2.05, 4.69) is 15.3 Å². The van der Waals surface area contributed by atoms with Crippen molar-refractivity contribution >= 4 is 23.4 Å². The minimum Gasteiger partial charge on any atom is -0.463 e. The van der Waals surface area contributed by atoms with Crippen LogP contribution in [0, 0.1) is 0 Å². The molecule has 2 aromatic heterocycles. The van der Waals surface area contributed by atoms with Crippen LogP contribution in [-0.2, 0) is 15.1 Å². The molecule has 3 heterocycles. The quantitative estimate of drug-likeness (QED) is 0.385. The smallest absolute Gasteiger partial charge is 0.338 e. The van der Waals surface area contributed by atoms with E-state index in [1.165, 1.54) is 11.3 Å². The highest BCUT2D eigenvalue weighted by Crippen LogP contribution is 2.30. The molecule has 10 heteroatoms. The average Bonchev–Trinajstić information content (AvgIpc) is 3.50. The van der Waals surface area contributed by atoms with Crippen LogP contribution in [0.3, 0.4) is 0 Å². The van der Waals surface area contributed by atoms with Gasteiger partial charge in [0.15, 0.2) is 4.80 Å². The van der Waals surface area contributed by atoms with Gasteiger partial charge in [0.05, 0.1) is 40.3 Å². The average molecular weight is 530 g/mol. The van der Waals surface area contributed by atoms with Gasteiger partial charge in [0.1, 0.15) is 11.3 Å². The first-order valence-electron chi connectivity index (χ1n) is 12.2. The molecule has 0 saturated carbocycles. The first-order valence-corrected chi connectivity index (χ1v) is 13.0. The fraction of sp³-hybridized carbons (Fsp3) is 0.250. The molecule has 0 bridgehead atoms. The van der Waals surface area contributed by atoms with Crippen molar-refractivity contribution in [2.24, 2.45) is 4.99 Å². The lowest BCUT2D eigenvalue weighted by atomic mass is 9.96. The van der Waals surface area contributed by atoms with Crippen molar-refractivity contribution in [1.29, 1.82) is 0 Å². The Morgan fingerprint density at radius 2 is 1.87 bits per heavy atom. The molecule has 0 radical (unpaired) electrons. The normalized spacial score (nSPS) is 15.8. The van der Waals surface area contributed by atoms with Gasteiger partial charge >= 0.3 is 5.97 Å². The van der Waals surface area contributed by atoms with Crippen LogP contribution in [0.25, 0.3) is 11.8 Å². The van der Waals surface area contributed by atoms with Crippen LogP contribution in [0.15, 0.2) is 81.9 Å². The molecule has 0 fully saturated rings. The first kappa shape index (κ1) is 25.5. The van der Waals surface area contributed by atoms with E-state index in [1.54, 1.807) is 49.2 Å². The molecule has 0 amide bonds. The SMILES string of the molecule is CCOC(=O)C1=C(C)N=c2s/c(=C\c3ccccc3-n3cc(C(C)(C)O)nn3)c(=O)n2C1c1ccccc1. The number of ether oxygens (including phenoxy) is 1. The molecule has 0 aliphatic carbocycles. The summed E-state index contributed by atoms with van der Waals surface area (Å²) in [6.45, 7) is 7.01. The van der Waals surface area contributed by atoms with E-state index in [0.717, 1.165) is 11.1 Å². The number of carbonyl (C=O) groups is 1. The van der Waals surface area contributed by atoms with Crippen LogP contribution in [0.1, 0.15) is 50.6 Å². The van der Waals surface area contributed by atoms with E-state index in [-0.39, 0.29) is 12.2 Å². The molecule has 1 aliphatic rings. The Hall–Kier alpha value is -4.15. The van der Waals surface area contributed by atoms with Crippen molar-refractivity contribution in [3.05, 3.63) is 109 Å². The Labute approximate surface area is 222 Å². The van der Waals surface area contributed by atoms with E-state index in [9.17, 15) is 14.7 Å². The number of allylic oxidation sites excluding steroid dienone is 1. The molecular formula is C28H27N5O4S. The van der Waals surface area contributed by atoms with Crippen molar-refractivity contribution in [2.75, 3.05) is 6.61 Å². The third-order valence-corrected chi connectivity index (χ3v) is 7.21. The van der Waals surface area contributed by atoms with E-state index in [1.807, 2.05) is 54.6 Å². The second kappa shape index (κ2) is 9.96. The van der Waals surface area contributed by atoms with E-state index < -0.39 is 17.6 Å². The summed E-state index contributed by atoms with van der Waals surface area (Å²) in [7, 11) is 0. The number of hydrogen-bond acceptors (Lipinski definition) is 8. The number of nitrogens with zero attached hydrogens (tertiary/aromatic N) is 5. The summed E-state index contributed by atoms with van der Waals surface area (Å²) in [5, 5.41) is 18.6. The Bertz CT molecular complexity index is 1720. The van der Waals surface area contributed by atoms with Crippen molar-refractivity contribution in [1.82, 2.24) is 19.6 Å². The van der Waals surface area contributed by atoms with Crippen LogP contribution in [0.2, 0.25) is 0 Å². The number of hydrogen-bond donors (Lipinski definition) is 1. The molecule has 2 aromatic carbocycles. The number of carbonyl (C=O) groups excluding carboxylic acids is 1. The minimum absolute atomic E-state index is 0.218. The van der Waals surface area contributed by atoms with Gasteiger partial charge in [-0.15, -0.1) is 5.10 Å². The zero-order valence-corrected chi connectivity index (χ0v) is 22.3. The number of fused-ring (bicyclic) bond motifs is 1. The van der Waals surface area contributed by atoms with Gasteiger partial charge in [0, 0.05) is 5.56 Å². The van der Waals surface area contributed by atoms with Crippen molar-refractivity contribution in [3.8, 4) is 5.69 Å². The summed E-state index contributed by atoms with van der Waals surface area (Å²) in [4.78, 5) is 32.0. The highest BCUT2D eigenvalue weighted by molar-refractivity contribution is 7.07. The Balaban J connectivity index is 1.68. The van der Waals surface area contributed by atoms with Gasteiger partial charge in [-0.1, -0.05) is 65.1 Å². The van der Waals surface area contributed by atoms with Gasteiger partial charge in [-0.2, -0.15) is 0 Å². The zero-order valence-electron chi connectivity index (χ0n) is 21.5. The molecule has 1 unspecified atom stereocenters. The minimum atomic E-state index is -1.14. The van der Waals surface area contributed by atoms with E-state index >= 15 is 0 Å². The number of benzene rings is 2. The Morgan fingerprint density at radius 3 is 2.55 bits per heavy atom. The molecule has 4 aromatic rings. The maximum absolute atomic E-state index is 13.9. The Morgan fingerprint density at radius 1 is 1.16 bits per heavy atom. The van der Waals surface area contributed by atoms with Crippen molar-refractivity contribution in [2.45, 2.75) is 39.3 Å². The third kappa shape index (κ3) is 4.64. The summed E-state index contributed by atoms with van der Waals surface area (Å²) in [6, 6.07) is 16.2. The second-order valence-electron chi connectivity index (χ2n) is 9.38. The van der Waals surface area contributed by atoms with Crippen molar-refractivity contribution < 1.29 is 14.6 Å². The summed E-state index contributed by atoms with van der Waals surface area (Å²) >= 11 is 1.26. The lowest BCUT2D eigenvalue weighted by Gasteiger charge is -2.24. The van der Waals surface area contributed by atoms with E-state index in [0.29, 0.717) is 32.0 Å². The number of esters is 1. The zero-order chi connectivity index (χ0) is 27.0. The first-order chi connectivity index (χ1) is 18.2. The molecule has 5 rings (SSSR count). The summed E-state index contributed by atoms with van der Waals surface area (Å²) in [6.07, 6.45) is 3.45. The van der Waals surface area contributed by atoms with Gasteiger partial charge in [0.25, 0.3) is 5.56 Å². The molecule has 0 saturated heterocycles. The Kier molecular flexibility index (Phi) is 6.68. The van der Waals surface area contributed by atoms with Crippen LogP contribution in [-0.4, -0.2) is 37.2 Å². The molecule has 1 aliphatic heterocycles. The van der Waals surface area contributed by atoms with Gasteiger partial charge < -0.3 is 9.84 Å². The maximum atomic E-state index is 13.9. The standard InChI is InChI=1S/C28H27N5O4S/c1-5-37-26(35)23-17(2)29-27-33(24(23)18-11-7-6-8-12-18)25(34)21(38-27)15-19-13-9-10-14-20(19)32-16-22(30-31-32)28(3,4)36/h6-16,24,36H,5H2,1-4H3/b21-15-. The van der Waals surface area contributed by atoms with Gasteiger partial charge in [-0.05, 0) is 45.4 Å². The van der Waals surface area contributed by atoms with Crippen LogP contribution in [0.4, 0.5) is 0 Å². The fourth-order valence-electron chi connectivity index (χ4n) is 4.36. The molecule has 1 N–H and O–H groups in total. The molecule has 194 valence electrons. The van der Waals surface area contributed by atoms with Crippen molar-refractivity contribution in [3.63, 3.8) is 0 Å². The van der Waals surface area contributed by atoms with Crippen LogP contribution >= 0.6 is 11.3 Å². The molecule has 9 nitrogen and oxygen atoms in total. The monoisotopic (exact) mass is 529 g/mol. The topological polar surface area (TPSA) is 112 Å². The predicted octanol–water partition coefficient (Wildman–Crippen LogP) is 2.61. The fourth-order valence-corrected chi connectivity index (χ4v) is 5.40. The molecule has 38 heavy (non-hydrogen) atoms. The lowest BCUT2D eigenvalue weighted by Crippen LogP contribution is -2.39. The third-order valence-electron chi connectivity index (χ3n) is 6.22. The molecular weight excluding hydrogens is 502 g/mol. The number of aromatic nitrogens is 4. The van der Waals surface area contributed by atoms with Crippen LogP contribution in [0.5, 0.6) is 0 Å². The maximum Gasteiger partial charge on any atom is 0.338 e. The largest absolute Gasteiger partial charge is 0.463 e. The van der Waals surface area contributed by atoms with Gasteiger partial charge in [-0.25, -0.2) is 14.5 Å². The lowest BCUT2D eigenvalue weighted by molar-refractivity contribution is -0.139. The second-order valence-corrected chi connectivity index (χ2v) is 10.4. The predicted molar refractivity (Wildman–Crippen MR) is 143 cm³/mol. The molecule has 1 atom stereocenters. The van der Waals surface area contributed by atoms with Crippen LogP contribution < -0.4 is 14.9 Å². The number of rotatable bonds is 6. The highest BCUT2D eigenvalue weighted by atomic mass is 32.1. The number of thiazole rings is 1. The number of aliphatic hydroxyl groups is 1. The van der Waals surface area contributed by atoms with Gasteiger partial charge in [0.2, 0.25) is 0 Å². The molecule has 0 spiro atoms. The summed E-state index contributed by atoms with van der Waals surface area (Å²) in [5.74, 6) is -0.490. The summed E-state index contributed by atoms with van der Waals surface area (Å²) < 4.78 is 8.94. The van der Waals surface area contributed by atoms with E-state index in [4.69, 9.17) is 4.74 Å². The number of para-hydroxylation sites is 1. The summed E-state index contributed by atoms with van der Waals surface area (Å²) in [5.41, 5.74) is 2.12. The van der Waals surface area contributed by atoms with Gasteiger partial charge in [-0.3, -0.25) is 9.36 Å². The highest BCUT2D eigenvalue weighted by Gasteiger charge is 2.33.